The minimum atomic E-state index is -2.67. The Hall–Kier alpha value is -3.97. The van der Waals surface area contributed by atoms with Gasteiger partial charge < -0.3 is 18.8 Å². The summed E-state index contributed by atoms with van der Waals surface area (Å²) < 4.78 is 18.5. The van der Waals surface area contributed by atoms with Crippen LogP contribution < -0.4 is 20.0 Å². The summed E-state index contributed by atoms with van der Waals surface area (Å²) >= 11 is 0. The lowest BCUT2D eigenvalue weighted by atomic mass is 9.95. The van der Waals surface area contributed by atoms with Crippen molar-refractivity contribution in [2.24, 2.45) is 0 Å². The predicted molar refractivity (Wildman–Crippen MR) is 172 cm³/mol. The molecule has 0 saturated carbocycles. The van der Waals surface area contributed by atoms with Crippen molar-refractivity contribution in [1.82, 2.24) is 0 Å². The molecule has 1 amide bonds. The van der Waals surface area contributed by atoms with Crippen LogP contribution in [0.4, 0.5) is 5.69 Å². The van der Waals surface area contributed by atoms with Crippen LogP contribution in [-0.4, -0.2) is 40.1 Å². The molecule has 0 bridgehead atoms. The highest BCUT2D eigenvalue weighted by Crippen LogP contribution is 2.37. The summed E-state index contributed by atoms with van der Waals surface area (Å²) in [5.74, 6) is 0.688. The first-order valence-corrected chi connectivity index (χ1v) is 16.3. The fourth-order valence-electron chi connectivity index (χ4n) is 5.77. The molecule has 0 radical (unpaired) electrons. The summed E-state index contributed by atoms with van der Waals surface area (Å²) in [6, 6.07) is 38.5. The standard InChI is InChI=1S/C36H39NO4Si/c1-36(2,3)42(31-17-10-6-11-18-31,32-19-12-7-13-20-32)41-26-14-21-33-34(40-27-28-15-8-5-9-16-28)35(38)37(33)29-22-24-30(39-4)25-23-29/h5-25,33-34H,26-27H2,1-4H3/b21-14+/t33-,34+/m0/s1. The van der Waals surface area contributed by atoms with Gasteiger partial charge in [-0.1, -0.05) is 124 Å². The van der Waals surface area contributed by atoms with Crippen molar-refractivity contribution in [2.45, 2.75) is 44.6 Å². The van der Waals surface area contributed by atoms with Crippen molar-refractivity contribution in [2.75, 3.05) is 18.6 Å². The molecule has 216 valence electrons. The van der Waals surface area contributed by atoms with Crippen LogP contribution in [0.5, 0.6) is 5.75 Å². The smallest absolute Gasteiger partial charge is 0.261 e. The molecule has 0 unspecified atom stereocenters. The zero-order valence-electron chi connectivity index (χ0n) is 24.8. The van der Waals surface area contributed by atoms with Crippen molar-refractivity contribution in [3.8, 4) is 5.75 Å². The summed E-state index contributed by atoms with van der Waals surface area (Å²) in [5, 5.41) is 2.35. The first-order valence-electron chi connectivity index (χ1n) is 14.4. The molecule has 1 heterocycles. The van der Waals surface area contributed by atoms with Gasteiger partial charge in [-0.3, -0.25) is 4.79 Å². The minimum Gasteiger partial charge on any atom is -0.497 e. The average molecular weight is 578 g/mol. The molecule has 1 aliphatic heterocycles. The van der Waals surface area contributed by atoms with Crippen LogP contribution in [0.3, 0.4) is 0 Å². The third-order valence-electron chi connectivity index (χ3n) is 7.86. The number of carbonyl (C=O) groups is 1. The van der Waals surface area contributed by atoms with Crippen LogP contribution in [-0.2, 0) is 20.6 Å². The lowest BCUT2D eigenvalue weighted by molar-refractivity contribution is -0.141. The first-order chi connectivity index (χ1) is 20.3. The van der Waals surface area contributed by atoms with Gasteiger partial charge in [0.25, 0.3) is 14.2 Å². The molecule has 5 nitrogen and oxygen atoms in total. The Kier molecular flexibility index (Phi) is 9.07. The Balaban J connectivity index is 1.41. The first kappa shape index (κ1) is 29.5. The van der Waals surface area contributed by atoms with Gasteiger partial charge in [0, 0.05) is 5.69 Å². The summed E-state index contributed by atoms with van der Waals surface area (Å²) in [6.07, 6.45) is 3.53. The molecule has 1 fully saturated rings. The largest absolute Gasteiger partial charge is 0.497 e. The van der Waals surface area contributed by atoms with Gasteiger partial charge in [-0.2, -0.15) is 0 Å². The van der Waals surface area contributed by atoms with Gasteiger partial charge in [0.1, 0.15) is 5.75 Å². The molecule has 42 heavy (non-hydrogen) atoms. The van der Waals surface area contributed by atoms with Crippen molar-refractivity contribution >= 4 is 30.3 Å². The van der Waals surface area contributed by atoms with E-state index < -0.39 is 14.4 Å². The molecule has 2 atom stereocenters. The average Bonchev–Trinajstić information content (AvgIpc) is 3.01. The second-order valence-corrected chi connectivity index (χ2v) is 15.8. The Morgan fingerprint density at radius 3 is 1.86 bits per heavy atom. The number of hydrogen-bond donors (Lipinski definition) is 0. The molecule has 0 N–H and O–H groups in total. The van der Waals surface area contributed by atoms with Crippen molar-refractivity contribution < 1.29 is 18.7 Å². The van der Waals surface area contributed by atoms with Crippen molar-refractivity contribution in [1.29, 1.82) is 0 Å². The number of nitrogens with zero attached hydrogens (tertiary/aromatic N) is 1. The monoisotopic (exact) mass is 577 g/mol. The van der Waals surface area contributed by atoms with Gasteiger partial charge in [0.15, 0.2) is 6.10 Å². The maximum atomic E-state index is 13.4. The number of β-lactam (4-membered cyclic amide) rings is 1. The van der Waals surface area contributed by atoms with Gasteiger partial charge in [-0.15, -0.1) is 0 Å². The van der Waals surface area contributed by atoms with Crippen molar-refractivity contribution in [3.63, 3.8) is 0 Å². The van der Waals surface area contributed by atoms with E-state index in [1.54, 1.807) is 12.0 Å². The topological polar surface area (TPSA) is 48.0 Å². The minimum absolute atomic E-state index is 0.0568. The van der Waals surface area contributed by atoms with Crippen LogP contribution in [0.1, 0.15) is 26.3 Å². The van der Waals surface area contributed by atoms with E-state index in [0.717, 1.165) is 17.0 Å². The highest BCUT2D eigenvalue weighted by Gasteiger charge is 2.50. The lowest BCUT2D eigenvalue weighted by Crippen LogP contribution is -2.66. The molecule has 4 aromatic carbocycles. The van der Waals surface area contributed by atoms with Gasteiger partial charge >= 0.3 is 0 Å². The van der Waals surface area contributed by atoms with E-state index in [4.69, 9.17) is 13.9 Å². The number of methoxy groups -OCH3 is 1. The van der Waals surface area contributed by atoms with E-state index in [1.807, 2.05) is 72.8 Å². The Morgan fingerprint density at radius 2 is 1.33 bits per heavy atom. The molecular formula is C36H39NO4Si. The fraction of sp³-hybridized carbons (Fsp3) is 0.250. The lowest BCUT2D eigenvalue weighted by Gasteiger charge is -2.45. The summed E-state index contributed by atoms with van der Waals surface area (Å²) in [7, 11) is -1.04. The molecule has 1 saturated heterocycles. The number of carbonyl (C=O) groups excluding carboxylic acids is 1. The van der Waals surface area contributed by atoms with E-state index in [1.165, 1.54) is 10.4 Å². The quantitative estimate of drug-likeness (QED) is 0.122. The van der Waals surface area contributed by atoms with Crippen LogP contribution in [0.2, 0.25) is 5.04 Å². The SMILES string of the molecule is COc1ccc(N2C(=O)[C@H](OCc3ccccc3)[C@@H]2/C=C/CO[Si](c2ccccc2)(c2ccccc2)C(C)(C)C)cc1. The number of hydrogen-bond acceptors (Lipinski definition) is 4. The van der Waals surface area contributed by atoms with Crippen LogP contribution in [0.25, 0.3) is 0 Å². The highest BCUT2D eigenvalue weighted by atomic mass is 28.4. The molecule has 4 aromatic rings. The third-order valence-corrected chi connectivity index (χ3v) is 12.9. The normalized spacial score (nSPS) is 17.3. The maximum Gasteiger partial charge on any atom is 0.261 e. The molecule has 5 rings (SSSR count). The number of rotatable bonds is 11. The van der Waals surface area contributed by atoms with E-state index in [9.17, 15) is 4.79 Å². The van der Waals surface area contributed by atoms with E-state index >= 15 is 0 Å². The van der Waals surface area contributed by atoms with Gasteiger partial charge in [-0.05, 0) is 45.2 Å². The predicted octanol–water partition coefficient (Wildman–Crippen LogP) is 6.13. The molecule has 6 heteroatoms. The van der Waals surface area contributed by atoms with Gasteiger partial charge in [0.05, 0.1) is 26.4 Å². The Bertz CT molecular complexity index is 1430. The summed E-state index contributed by atoms with van der Waals surface area (Å²) in [4.78, 5) is 15.1. The summed E-state index contributed by atoms with van der Waals surface area (Å²) in [6.45, 7) is 7.60. The zero-order valence-corrected chi connectivity index (χ0v) is 25.8. The van der Waals surface area contributed by atoms with Crippen LogP contribution in [0, 0.1) is 0 Å². The number of amides is 1. The molecule has 0 aliphatic carbocycles. The molecule has 1 aliphatic rings. The zero-order chi connectivity index (χ0) is 29.6. The second kappa shape index (κ2) is 12.9. The number of ether oxygens (including phenoxy) is 2. The molecule has 0 aromatic heterocycles. The molecular weight excluding hydrogens is 538 g/mol. The third kappa shape index (κ3) is 5.97. The number of benzene rings is 4. The Morgan fingerprint density at radius 1 is 0.786 bits per heavy atom. The fourth-order valence-corrected chi connectivity index (χ4v) is 10.3. The van der Waals surface area contributed by atoms with E-state index in [2.05, 4.69) is 75.4 Å². The van der Waals surface area contributed by atoms with Gasteiger partial charge in [0.2, 0.25) is 0 Å². The summed E-state index contributed by atoms with van der Waals surface area (Å²) in [5.41, 5.74) is 1.84. The van der Waals surface area contributed by atoms with Crippen LogP contribution >= 0.6 is 0 Å². The van der Waals surface area contributed by atoms with E-state index in [0.29, 0.717) is 13.2 Å². The van der Waals surface area contributed by atoms with E-state index in [-0.39, 0.29) is 17.0 Å². The maximum absolute atomic E-state index is 13.4. The second-order valence-electron chi connectivity index (χ2n) is 11.5. The van der Waals surface area contributed by atoms with Crippen molar-refractivity contribution in [3.05, 3.63) is 133 Å². The van der Waals surface area contributed by atoms with Gasteiger partial charge in [-0.25, -0.2) is 0 Å². The Labute approximate surface area is 250 Å². The van der Waals surface area contributed by atoms with Crippen LogP contribution in [0.15, 0.2) is 127 Å². The number of anilines is 1. The molecule has 0 spiro atoms. The highest BCUT2D eigenvalue weighted by molar-refractivity contribution is 6.99.